The van der Waals surface area contributed by atoms with Crippen LogP contribution in [0.1, 0.15) is 23.7 Å². The monoisotopic (exact) mass is 354 g/mol. The summed E-state index contributed by atoms with van der Waals surface area (Å²) in [6.45, 7) is 0. The topological polar surface area (TPSA) is 39.9 Å². The van der Waals surface area contributed by atoms with Gasteiger partial charge in [0.2, 0.25) is 0 Å². The molecule has 2 heterocycles. The van der Waals surface area contributed by atoms with Crippen molar-refractivity contribution in [3.8, 4) is 11.3 Å². The zero-order chi connectivity index (χ0) is 16.5. The van der Waals surface area contributed by atoms with Gasteiger partial charge >= 0.3 is 0 Å². The zero-order valence-corrected chi connectivity index (χ0v) is 14.3. The van der Waals surface area contributed by atoms with E-state index in [1.54, 1.807) is 12.4 Å². The molecule has 0 aliphatic carbocycles. The van der Waals surface area contributed by atoms with Crippen LogP contribution in [0.3, 0.4) is 0 Å². The minimum Gasteiger partial charge on any atom is -0.275 e. The number of para-hydroxylation sites is 1. The molecule has 1 radical (unpaired) electrons. The van der Waals surface area contributed by atoms with Crippen LogP contribution in [-0.4, -0.2) is 9.97 Å². The van der Waals surface area contributed by atoms with E-state index >= 15 is 0 Å². The summed E-state index contributed by atoms with van der Waals surface area (Å²) in [4.78, 5) is 8.80. The average Bonchev–Trinajstić information content (AvgIpc) is 2.64. The van der Waals surface area contributed by atoms with Crippen molar-refractivity contribution in [1.29, 1.82) is 0 Å². The summed E-state index contributed by atoms with van der Waals surface area (Å²) in [5.74, 6) is 0. The number of nitrogens with zero attached hydrogens (tertiary/aromatic N) is 3. The molecule has 0 saturated heterocycles. The molecule has 1 atom stereocenters. The first-order chi connectivity index (χ1) is 11.7. The summed E-state index contributed by atoms with van der Waals surface area (Å²) in [7, 11) is 0. The van der Waals surface area contributed by atoms with Crippen molar-refractivity contribution in [1.82, 2.24) is 15.3 Å². The van der Waals surface area contributed by atoms with Crippen LogP contribution in [0.4, 0.5) is 5.69 Å². The third kappa shape index (κ3) is 2.97. The highest BCUT2D eigenvalue weighted by Gasteiger charge is 2.22. The van der Waals surface area contributed by atoms with E-state index in [9.17, 15) is 0 Å². The second-order valence-electron chi connectivity index (χ2n) is 5.77. The molecule has 3 aromatic rings. The maximum atomic E-state index is 6.11. The molecular formula is C19H14Cl2N3. The van der Waals surface area contributed by atoms with Gasteiger partial charge in [0, 0.05) is 5.56 Å². The van der Waals surface area contributed by atoms with Crippen LogP contribution in [0.2, 0.25) is 10.0 Å². The zero-order valence-electron chi connectivity index (χ0n) is 12.8. The Bertz CT molecular complexity index is 895. The highest BCUT2D eigenvalue weighted by molar-refractivity contribution is 6.42. The second-order valence-corrected chi connectivity index (χ2v) is 6.58. The van der Waals surface area contributed by atoms with Crippen LogP contribution in [0.5, 0.6) is 0 Å². The van der Waals surface area contributed by atoms with Gasteiger partial charge in [0.05, 0.1) is 33.2 Å². The SMILES string of the molecule is Clc1ccc(-c2cc(C3CCc4ccccc4[N]3)ncn2)cc1Cl. The molecule has 3 nitrogen and oxygen atoms in total. The van der Waals surface area contributed by atoms with E-state index in [2.05, 4.69) is 28.2 Å². The van der Waals surface area contributed by atoms with Crippen LogP contribution in [0.15, 0.2) is 54.9 Å². The Kier molecular flexibility index (Phi) is 4.13. The molecule has 2 aromatic carbocycles. The van der Waals surface area contributed by atoms with E-state index in [-0.39, 0.29) is 6.04 Å². The Hall–Kier alpha value is -2.10. The summed E-state index contributed by atoms with van der Waals surface area (Å²) in [6, 6.07) is 15.8. The Morgan fingerprint density at radius 3 is 2.67 bits per heavy atom. The van der Waals surface area contributed by atoms with Crippen LogP contribution < -0.4 is 5.32 Å². The maximum Gasteiger partial charge on any atom is 0.116 e. The van der Waals surface area contributed by atoms with Gasteiger partial charge in [0.25, 0.3) is 0 Å². The van der Waals surface area contributed by atoms with Gasteiger partial charge in [-0.3, -0.25) is 5.32 Å². The number of aromatic nitrogens is 2. The molecule has 5 heteroatoms. The standard InChI is InChI=1S/C19H14Cl2N3/c20-14-7-5-13(9-15(14)21)18-10-19(23-11-22-18)17-8-6-12-3-1-2-4-16(12)24-17/h1-5,7,9-11,17H,6,8H2. The lowest BCUT2D eigenvalue weighted by Crippen LogP contribution is -2.18. The Morgan fingerprint density at radius 1 is 0.917 bits per heavy atom. The highest BCUT2D eigenvalue weighted by atomic mass is 35.5. The van der Waals surface area contributed by atoms with E-state index < -0.39 is 0 Å². The number of hydrogen-bond donors (Lipinski definition) is 0. The highest BCUT2D eigenvalue weighted by Crippen LogP contribution is 2.33. The van der Waals surface area contributed by atoms with Crippen LogP contribution in [-0.2, 0) is 6.42 Å². The van der Waals surface area contributed by atoms with Gasteiger partial charge in [-0.05, 0) is 42.7 Å². The molecule has 24 heavy (non-hydrogen) atoms. The predicted molar refractivity (Wildman–Crippen MR) is 96.8 cm³/mol. The van der Waals surface area contributed by atoms with Crippen molar-refractivity contribution in [2.45, 2.75) is 18.9 Å². The molecule has 0 amide bonds. The lowest BCUT2D eigenvalue weighted by atomic mass is 9.95. The van der Waals surface area contributed by atoms with Gasteiger partial charge in [-0.15, -0.1) is 0 Å². The Labute approximate surface area is 150 Å². The van der Waals surface area contributed by atoms with E-state index in [4.69, 9.17) is 28.5 Å². The van der Waals surface area contributed by atoms with Crippen molar-refractivity contribution in [3.05, 3.63) is 76.2 Å². The average molecular weight is 355 g/mol. The van der Waals surface area contributed by atoms with Gasteiger partial charge < -0.3 is 0 Å². The van der Waals surface area contributed by atoms with Crippen molar-refractivity contribution >= 4 is 28.9 Å². The fraction of sp³-hybridized carbons (Fsp3) is 0.158. The summed E-state index contributed by atoms with van der Waals surface area (Å²) in [6.07, 6.45) is 3.55. The quantitative estimate of drug-likeness (QED) is 0.620. The minimum absolute atomic E-state index is 0.0597. The maximum absolute atomic E-state index is 6.11. The number of fused-ring (bicyclic) bond motifs is 1. The summed E-state index contributed by atoms with van der Waals surface area (Å²) in [5.41, 5.74) is 5.04. The third-order valence-electron chi connectivity index (χ3n) is 4.22. The molecule has 0 spiro atoms. The molecule has 4 rings (SSSR count). The van der Waals surface area contributed by atoms with Crippen molar-refractivity contribution in [3.63, 3.8) is 0 Å². The Balaban J connectivity index is 1.65. The molecular weight excluding hydrogens is 341 g/mol. The summed E-state index contributed by atoms with van der Waals surface area (Å²) >= 11 is 12.1. The first kappa shape index (κ1) is 15.4. The first-order valence-electron chi connectivity index (χ1n) is 7.77. The number of hydrogen-bond acceptors (Lipinski definition) is 2. The van der Waals surface area contributed by atoms with E-state index in [0.29, 0.717) is 10.0 Å². The smallest absolute Gasteiger partial charge is 0.116 e. The van der Waals surface area contributed by atoms with Crippen molar-refractivity contribution in [2.24, 2.45) is 0 Å². The summed E-state index contributed by atoms with van der Waals surface area (Å²) in [5, 5.41) is 5.90. The Morgan fingerprint density at radius 2 is 1.79 bits per heavy atom. The minimum atomic E-state index is 0.0597. The fourth-order valence-corrected chi connectivity index (χ4v) is 3.25. The normalized spacial score (nSPS) is 16.3. The third-order valence-corrected chi connectivity index (χ3v) is 4.96. The lowest BCUT2D eigenvalue weighted by Gasteiger charge is -2.24. The van der Waals surface area contributed by atoms with Crippen LogP contribution >= 0.6 is 23.2 Å². The van der Waals surface area contributed by atoms with Crippen LogP contribution in [0, 0.1) is 0 Å². The summed E-state index contributed by atoms with van der Waals surface area (Å²) < 4.78 is 0. The van der Waals surface area contributed by atoms with E-state index in [1.165, 1.54) is 5.56 Å². The predicted octanol–water partition coefficient (Wildman–Crippen LogP) is 5.37. The van der Waals surface area contributed by atoms with Gasteiger partial charge in [-0.1, -0.05) is 47.5 Å². The number of benzene rings is 2. The second kappa shape index (κ2) is 6.42. The van der Waals surface area contributed by atoms with Gasteiger partial charge in [0.15, 0.2) is 0 Å². The molecule has 0 fully saturated rings. The molecule has 1 unspecified atom stereocenters. The van der Waals surface area contributed by atoms with Gasteiger partial charge in [-0.25, -0.2) is 9.97 Å². The molecule has 1 aromatic heterocycles. The lowest BCUT2D eigenvalue weighted by molar-refractivity contribution is 0.525. The van der Waals surface area contributed by atoms with Crippen LogP contribution in [0.25, 0.3) is 11.3 Å². The molecule has 1 aliphatic rings. The molecule has 0 N–H and O–H groups in total. The molecule has 119 valence electrons. The van der Waals surface area contributed by atoms with Gasteiger partial charge in [0.1, 0.15) is 6.33 Å². The molecule has 0 bridgehead atoms. The van der Waals surface area contributed by atoms with Gasteiger partial charge in [-0.2, -0.15) is 0 Å². The first-order valence-corrected chi connectivity index (χ1v) is 8.52. The molecule has 1 aliphatic heterocycles. The van der Waals surface area contributed by atoms with E-state index in [1.807, 2.05) is 24.3 Å². The van der Waals surface area contributed by atoms with Crippen molar-refractivity contribution < 1.29 is 0 Å². The molecule has 0 saturated carbocycles. The van der Waals surface area contributed by atoms with E-state index in [0.717, 1.165) is 35.5 Å². The number of rotatable bonds is 2. The van der Waals surface area contributed by atoms with Crippen molar-refractivity contribution in [2.75, 3.05) is 0 Å². The number of halogens is 2. The number of aryl methyl sites for hydroxylation is 1. The fourth-order valence-electron chi connectivity index (χ4n) is 2.95. The largest absolute Gasteiger partial charge is 0.275 e.